The maximum atomic E-state index is 11.3. The Morgan fingerprint density at radius 2 is 1.97 bits per heavy atom. The molecule has 0 bridgehead atoms. The number of para-hydroxylation sites is 1. The van der Waals surface area contributed by atoms with Gasteiger partial charge in [0.1, 0.15) is 31.0 Å². The molecule has 8 heteroatoms. The molecule has 5 atom stereocenters. The second-order valence-corrected chi connectivity index (χ2v) is 10.3. The molecule has 3 aliphatic rings. The Morgan fingerprint density at radius 1 is 1.20 bits per heavy atom. The quantitative estimate of drug-likeness (QED) is 0.474. The van der Waals surface area contributed by atoms with E-state index in [0.717, 1.165) is 40.4 Å². The van der Waals surface area contributed by atoms with Crippen molar-refractivity contribution in [2.45, 2.75) is 57.0 Å². The number of carboxylic acids is 1. The normalized spacial score (nSPS) is 23.6. The van der Waals surface area contributed by atoms with Gasteiger partial charge in [-0.25, -0.2) is 0 Å². The summed E-state index contributed by atoms with van der Waals surface area (Å²) in [6.45, 7) is 7.81. The van der Waals surface area contributed by atoms with Crippen molar-refractivity contribution in [3.8, 4) is 17.2 Å². The Kier molecular flexibility index (Phi) is 6.38. The third-order valence-electron chi connectivity index (χ3n) is 6.97. The molecule has 0 radical (unpaired) electrons. The molecule has 188 valence electrons. The molecule has 1 unspecified atom stereocenters. The largest absolute Gasteiger partial charge is 0.488 e. The zero-order chi connectivity index (χ0) is 24.7. The summed E-state index contributed by atoms with van der Waals surface area (Å²) in [5.41, 5.74) is 2.72. The van der Waals surface area contributed by atoms with E-state index in [0.29, 0.717) is 19.8 Å². The minimum atomic E-state index is -0.812. The van der Waals surface area contributed by atoms with Gasteiger partial charge in [0.25, 0.3) is 0 Å². The average molecular weight is 484 g/mol. The van der Waals surface area contributed by atoms with Gasteiger partial charge in [0.2, 0.25) is 0 Å². The summed E-state index contributed by atoms with van der Waals surface area (Å²) < 4.78 is 23.2. The molecule has 0 spiro atoms. The maximum Gasteiger partial charge on any atom is 0.311 e. The van der Waals surface area contributed by atoms with Gasteiger partial charge in [0, 0.05) is 29.1 Å². The molecule has 2 aromatic rings. The first-order chi connectivity index (χ1) is 16.7. The first-order valence-electron chi connectivity index (χ1n) is 12.2. The van der Waals surface area contributed by atoms with Crippen LogP contribution < -0.4 is 19.5 Å². The van der Waals surface area contributed by atoms with Crippen LogP contribution in [0.15, 0.2) is 36.4 Å². The predicted octanol–water partition coefficient (Wildman–Crippen LogP) is 3.07. The van der Waals surface area contributed by atoms with Crippen LogP contribution in [0.25, 0.3) is 0 Å². The smallest absolute Gasteiger partial charge is 0.311 e. The molecular weight excluding hydrogens is 450 g/mol. The third kappa shape index (κ3) is 4.96. The average Bonchev–Trinajstić information content (AvgIpc) is 3.43. The lowest BCUT2D eigenvalue weighted by Crippen LogP contribution is -2.46. The lowest BCUT2D eigenvalue weighted by atomic mass is 9.94. The number of β-amino-alcohol motifs (C(OH)–C–C–N with tert-alkyl or cyclic N) is 1. The zero-order valence-electron chi connectivity index (χ0n) is 20.3. The van der Waals surface area contributed by atoms with E-state index < -0.39 is 18.0 Å². The van der Waals surface area contributed by atoms with Crippen molar-refractivity contribution in [3.63, 3.8) is 0 Å². The number of hydrogen-bond acceptors (Lipinski definition) is 7. The van der Waals surface area contributed by atoms with Gasteiger partial charge < -0.3 is 34.5 Å². The number of hydrogen-bond donors (Lipinski definition) is 3. The fourth-order valence-corrected chi connectivity index (χ4v) is 5.09. The summed E-state index contributed by atoms with van der Waals surface area (Å²) in [5.74, 6) is 0.960. The summed E-state index contributed by atoms with van der Waals surface area (Å²) in [5, 5.41) is 23.3. The number of carboxylic acid groups (broad SMARTS) is 1. The minimum Gasteiger partial charge on any atom is -0.488 e. The molecule has 1 aliphatic carbocycles. The second-order valence-electron chi connectivity index (χ2n) is 10.3. The van der Waals surface area contributed by atoms with Gasteiger partial charge in [0.05, 0.1) is 18.8 Å². The summed E-state index contributed by atoms with van der Waals surface area (Å²) in [7, 11) is 0. The van der Waals surface area contributed by atoms with Crippen LogP contribution in [0.1, 0.15) is 49.5 Å². The number of nitrogens with one attached hydrogen (secondary N) is 1. The fraction of sp³-hybridized carbons (Fsp3) is 0.519. The highest BCUT2D eigenvalue weighted by Gasteiger charge is 2.63. The van der Waals surface area contributed by atoms with E-state index in [4.69, 9.17) is 18.9 Å². The maximum absolute atomic E-state index is 11.3. The van der Waals surface area contributed by atoms with E-state index >= 15 is 0 Å². The predicted molar refractivity (Wildman–Crippen MR) is 128 cm³/mol. The molecule has 2 heterocycles. The molecule has 3 N–H and O–H groups in total. The monoisotopic (exact) mass is 483 g/mol. The van der Waals surface area contributed by atoms with Crippen LogP contribution in [0.2, 0.25) is 0 Å². The Morgan fingerprint density at radius 3 is 2.74 bits per heavy atom. The molecule has 0 saturated heterocycles. The lowest BCUT2D eigenvalue weighted by molar-refractivity contribution is -0.139. The van der Waals surface area contributed by atoms with Crippen molar-refractivity contribution in [2.24, 2.45) is 5.92 Å². The van der Waals surface area contributed by atoms with Crippen LogP contribution in [-0.2, 0) is 16.0 Å². The first kappa shape index (κ1) is 23.9. The highest BCUT2D eigenvalue weighted by Crippen LogP contribution is 2.59. The Hall–Kier alpha value is -2.81. The second kappa shape index (κ2) is 9.33. The van der Waals surface area contributed by atoms with Crippen molar-refractivity contribution in [1.82, 2.24) is 5.32 Å². The lowest BCUT2D eigenvalue weighted by Gasteiger charge is -2.29. The van der Waals surface area contributed by atoms with Gasteiger partial charge >= 0.3 is 5.97 Å². The van der Waals surface area contributed by atoms with Crippen molar-refractivity contribution < 1.29 is 34.0 Å². The van der Waals surface area contributed by atoms with Crippen LogP contribution in [0, 0.1) is 5.92 Å². The number of aliphatic carboxylic acids is 1. The van der Waals surface area contributed by atoms with Gasteiger partial charge in [0.15, 0.2) is 11.5 Å². The van der Waals surface area contributed by atoms with E-state index in [1.807, 2.05) is 43.3 Å². The van der Waals surface area contributed by atoms with Crippen LogP contribution >= 0.6 is 0 Å². The van der Waals surface area contributed by atoms with Gasteiger partial charge in [-0.1, -0.05) is 24.3 Å². The Labute approximate surface area is 205 Å². The number of fused-ring (bicyclic) bond motifs is 4. The molecule has 2 aromatic carbocycles. The highest BCUT2D eigenvalue weighted by atomic mass is 16.6. The van der Waals surface area contributed by atoms with E-state index in [9.17, 15) is 15.0 Å². The fourth-order valence-electron chi connectivity index (χ4n) is 5.09. The first-order valence-corrected chi connectivity index (χ1v) is 12.2. The minimum absolute atomic E-state index is 0.0686. The molecule has 2 aliphatic heterocycles. The van der Waals surface area contributed by atoms with Crippen LogP contribution in [0.3, 0.4) is 0 Å². The summed E-state index contributed by atoms with van der Waals surface area (Å²) in [6.07, 6.45) is -0.478. The molecule has 5 rings (SSSR count). The van der Waals surface area contributed by atoms with Crippen molar-refractivity contribution in [3.05, 3.63) is 53.1 Å². The Bertz CT molecular complexity index is 1100. The van der Waals surface area contributed by atoms with Crippen LogP contribution in [-0.4, -0.2) is 60.3 Å². The van der Waals surface area contributed by atoms with Crippen molar-refractivity contribution in [2.75, 3.05) is 26.4 Å². The molecule has 0 amide bonds. The number of carbonyl (C=O) groups is 1. The molecule has 1 saturated carbocycles. The Balaban J connectivity index is 1.11. The van der Waals surface area contributed by atoms with Crippen LogP contribution in [0.5, 0.6) is 17.2 Å². The highest BCUT2D eigenvalue weighted by molar-refractivity contribution is 5.79. The van der Waals surface area contributed by atoms with E-state index in [-0.39, 0.29) is 30.3 Å². The summed E-state index contributed by atoms with van der Waals surface area (Å²) in [6, 6.07) is 11.8. The van der Waals surface area contributed by atoms with Gasteiger partial charge in [-0.05, 0) is 44.9 Å². The third-order valence-corrected chi connectivity index (χ3v) is 6.97. The van der Waals surface area contributed by atoms with Gasteiger partial charge in [-0.15, -0.1) is 0 Å². The SMILES string of the molecule is C[C@@H](OCC(O)CNC(C)(C)Cc1ccc2c(c1)OCCO2)c1cccc2c1O[C@@H]1[C@@H](C(=O)O)[C@H]21. The molecular formula is C27H33NO7. The molecule has 0 aromatic heterocycles. The molecule has 35 heavy (non-hydrogen) atoms. The van der Waals surface area contributed by atoms with Gasteiger partial charge in [-0.2, -0.15) is 0 Å². The van der Waals surface area contributed by atoms with Crippen molar-refractivity contribution >= 4 is 5.97 Å². The standard InChI is InChI=1S/C27H33NO7/c1-15(18-5-4-6-19-22-23(26(30)31)25(22)35-24(18)19)34-14-17(29)13-28-27(2,3)12-16-7-8-20-21(11-16)33-10-9-32-20/h4-8,11,15,17,22-23,25,28-29H,9-10,12-14H2,1-3H3,(H,30,31)/t15-,17?,22+,23+,25+/m1/s1. The molecule has 1 fully saturated rings. The van der Waals surface area contributed by atoms with Crippen LogP contribution in [0.4, 0.5) is 0 Å². The summed E-state index contributed by atoms with van der Waals surface area (Å²) >= 11 is 0. The number of aliphatic hydroxyl groups excluding tert-OH is 1. The van der Waals surface area contributed by atoms with E-state index in [1.165, 1.54) is 0 Å². The van der Waals surface area contributed by atoms with E-state index in [1.54, 1.807) is 0 Å². The number of benzene rings is 2. The zero-order valence-corrected chi connectivity index (χ0v) is 20.3. The number of ether oxygens (including phenoxy) is 4. The number of rotatable bonds is 10. The van der Waals surface area contributed by atoms with E-state index in [2.05, 4.69) is 19.2 Å². The number of aliphatic hydroxyl groups is 1. The van der Waals surface area contributed by atoms with Crippen molar-refractivity contribution in [1.29, 1.82) is 0 Å². The topological polar surface area (TPSA) is 106 Å². The molecule has 8 nitrogen and oxygen atoms in total. The van der Waals surface area contributed by atoms with Gasteiger partial charge in [-0.3, -0.25) is 4.79 Å². The summed E-state index contributed by atoms with van der Waals surface area (Å²) in [4.78, 5) is 11.3.